The van der Waals surface area contributed by atoms with Crippen molar-refractivity contribution >= 4 is 17.7 Å². The molecule has 1 atom stereocenters. The minimum absolute atomic E-state index is 0.0524. The largest absolute Gasteiger partial charge is 0.352 e. The Morgan fingerprint density at radius 3 is 2.63 bits per heavy atom. The second-order valence-electron chi connectivity index (χ2n) is 6.66. The van der Waals surface area contributed by atoms with Crippen molar-refractivity contribution in [1.29, 1.82) is 0 Å². The van der Waals surface area contributed by atoms with E-state index in [0.29, 0.717) is 6.54 Å². The van der Waals surface area contributed by atoms with E-state index in [-0.39, 0.29) is 17.8 Å². The number of rotatable bonds is 7. The van der Waals surface area contributed by atoms with Crippen molar-refractivity contribution in [1.82, 2.24) is 14.9 Å². The summed E-state index contributed by atoms with van der Waals surface area (Å²) in [5.74, 6) is -0.362. The topological polar surface area (TPSA) is 46.9 Å². The van der Waals surface area contributed by atoms with Crippen LogP contribution in [0.15, 0.2) is 72.1 Å². The molecule has 1 amide bonds. The first-order chi connectivity index (χ1) is 13.2. The molecule has 1 aliphatic rings. The van der Waals surface area contributed by atoms with Crippen LogP contribution < -0.4 is 5.32 Å². The van der Waals surface area contributed by atoms with Gasteiger partial charge in [-0.3, -0.25) is 4.79 Å². The van der Waals surface area contributed by atoms with Gasteiger partial charge in [-0.15, -0.1) is 0 Å². The van der Waals surface area contributed by atoms with Gasteiger partial charge in [-0.25, -0.2) is 9.37 Å². The van der Waals surface area contributed by atoms with Crippen LogP contribution in [-0.2, 0) is 11.3 Å². The van der Waals surface area contributed by atoms with Crippen molar-refractivity contribution in [2.75, 3.05) is 0 Å². The van der Waals surface area contributed by atoms with Crippen molar-refractivity contribution in [2.45, 2.75) is 35.8 Å². The van der Waals surface area contributed by atoms with Crippen LogP contribution in [0.5, 0.6) is 0 Å². The highest BCUT2D eigenvalue weighted by Crippen LogP contribution is 2.36. The maximum atomic E-state index is 13.3. The van der Waals surface area contributed by atoms with Crippen LogP contribution in [0.1, 0.15) is 29.2 Å². The molecular formula is C21H20FN3OS. The predicted octanol–water partition coefficient (Wildman–Crippen LogP) is 4.18. The number of nitrogens with zero attached hydrogens (tertiary/aromatic N) is 2. The molecule has 1 heterocycles. The summed E-state index contributed by atoms with van der Waals surface area (Å²) >= 11 is 1.40. The summed E-state index contributed by atoms with van der Waals surface area (Å²) in [6.45, 7) is 0.684. The molecule has 3 aromatic rings. The van der Waals surface area contributed by atoms with Crippen molar-refractivity contribution in [3.8, 4) is 0 Å². The zero-order chi connectivity index (χ0) is 18.6. The van der Waals surface area contributed by atoms with Crippen molar-refractivity contribution in [3.05, 3.63) is 83.9 Å². The third kappa shape index (κ3) is 4.57. The summed E-state index contributed by atoms with van der Waals surface area (Å²) in [5, 5.41) is 3.35. The van der Waals surface area contributed by atoms with Gasteiger partial charge in [0.15, 0.2) is 5.16 Å². The summed E-state index contributed by atoms with van der Waals surface area (Å²) in [6, 6.07) is 16.5. The molecule has 1 aromatic heterocycles. The van der Waals surface area contributed by atoms with Crippen molar-refractivity contribution < 1.29 is 9.18 Å². The lowest BCUT2D eigenvalue weighted by Gasteiger charge is -2.17. The molecule has 4 rings (SSSR count). The summed E-state index contributed by atoms with van der Waals surface area (Å²) in [7, 11) is 0. The van der Waals surface area contributed by atoms with Crippen molar-refractivity contribution in [2.24, 2.45) is 0 Å². The second-order valence-corrected chi connectivity index (χ2v) is 7.73. The molecule has 0 radical (unpaired) electrons. The van der Waals surface area contributed by atoms with Gasteiger partial charge < -0.3 is 9.88 Å². The zero-order valence-corrected chi connectivity index (χ0v) is 15.5. The molecule has 1 N–H and O–H groups in total. The lowest BCUT2D eigenvalue weighted by Crippen LogP contribution is -2.30. The Bertz CT molecular complexity index is 907. The minimum atomic E-state index is -0.469. The first-order valence-electron chi connectivity index (χ1n) is 8.96. The van der Waals surface area contributed by atoms with Gasteiger partial charge in [0.25, 0.3) is 0 Å². The number of imidazole rings is 1. The number of aromatic nitrogens is 2. The van der Waals surface area contributed by atoms with E-state index >= 15 is 0 Å². The lowest BCUT2D eigenvalue weighted by molar-refractivity contribution is -0.120. The van der Waals surface area contributed by atoms with E-state index in [4.69, 9.17) is 0 Å². The maximum Gasteiger partial charge on any atom is 0.238 e. The molecule has 4 nitrogen and oxygen atoms in total. The fourth-order valence-electron chi connectivity index (χ4n) is 2.83. The van der Waals surface area contributed by atoms with Crippen LogP contribution >= 0.6 is 11.8 Å². The number of halogens is 1. The van der Waals surface area contributed by atoms with Gasteiger partial charge in [0.05, 0.1) is 0 Å². The Morgan fingerprint density at radius 1 is 1.19 bits per heavy atom. The molecule has 138 valence electrons. The molecule has 2 aromatic carbocycles. The van der Waals surface area contributed by atoms with Gasteiger partial charge in [0.1, 0.15) is 11.1 Å². The number of hydrogen-bond acceptors (Lipinski definition) is 3. The normalized spacial score (nSPS) is 14.7. The van der Waals surface area contributed by atoms with E-state index < -0.39 is 5.25 Å². The number of carbonyl (C=O) groups excluding carboxylic acids is 1. The fraction of sp³-hybridized carbons (Fsp3) is 0.238. The lowest BCUT2D eigenvalue weighted by atomic mass is 10.1. The Balaban J connectivity index is 1.57. The van der Waals surface area contributed by atoms with Gasteiger partial charge in [-0.1, -0.05) is 54.2 Å². The van der Waals surface area contributed by atoms with E-state index in [2.05, 4.69) is 22.4 Å². The highest BCUT2D eigenvalue weighted by Gasteiger charge is 2.30. The van der Waals surface area contributed by atoms with Gasteiger partial charge in [0.2, 0.25) is 5.91 Å². The van der Waals surface area contributed by atoms with E-state index in [1.165, 1.54) is 23.9 Å². The quantitative estimate of drug-likeness (QED) is 0.625. The second kappa shape index (κ2) is 7.96. The molecule has 0 bridgehead atoms. The first kappa shape index (κ1) is 17.8. The highest BCUT2D eigenvalue weighted by molar-refractivity contribution is 8.00. The highest BCUT2D eigenvalue weighted by atomic mass is 32.2. The SMILES string of the molecule is O=C(NC1CC1)[C@H](Sc1nccn1Cc1ccccc1)c1ccc(F)cc1. The van der Waals surface area contributed by atoms with Crippen LogP contribution in [0.2, 0.25) is 0 Å². The number of thioether (sulfide) groups is 1. The van der Waals surface area contributed by atoms with Crippen LogP contribution in [-0.4, -0.2) is 21.5 Å². The Hall–Kier alpha value is -2.60. The van der Waals surface area contributed by atoms with Gasteiger partial charge in [-0.05, 0) is 36.1 Å². The zero-order valence-electron chi connectivity index (χ0n) is 14.7. The summed E-state index contributed by atoms with van der Waals surface area (Å²) < 4.78 is 15.4. The fourth-order valence-corrected chi connectivity index (χ4v) is 3.90. The number of amides is 1. The Labute approximate surface area is 161 Å². The molecule has 0 unspecified atom stereocenters. The van der Waals surface area contributed by atoms with E-state index in [9.17, 15) is 9.18 Å². The van der Waals surface area contributed by atoms with Gasteiger partial charge in [0, 0.05) is 25.0 Å². The standard InChI is InChI=1S/C21H20FN3OS/c22-17-8-6-16(7-9-17)19(20(26)24-18-10-11-18)27-21-23-12-13-25(21)14-15-4-2-1-3-5-15/h1-9,12-13,18-19H,10-11,14H2,(H,24,26)/t19-/m1/s1. The molecule has 6 heteroatoms. The van der Waals surface area contributed by atoms with Crippen LogP contribution in [0.3, 0.4) is 0 Å². The third-order valence-electron chi connectivity index (χ3n) is 4.43. The third-order valence-corrected chi connectivity index (χ3v) is 5.70. The summed E-state index contributed by atoms with van der Waals surface area (Å²) in [6.07, 6.45) is 5.70. The molecule has 1 fully saturated rings. The minimum Gasteiger partial charge on any atom is -0.352 e. The molecule has 0 saturated heterocycles. The molecular weight excluding hydrogens is 361 g/mol. The predicted molar refractivity (Wildman–Crippen MR) is 104 cm³/mol. The molecule has 0 spiro atoms. The number of hydrogen-bond donors (Lipinski definition) is 1. The molecule has 1 saturated carbocycles. The summed E-state index contributed by atoms with van der Waals surface area (Å²) in [4.78, 5) is 17.3. The average Bonchev–Trinajstić information content (AvgIpc) is 3.39. The van der Waals surface area contributed by atoms with E-state index in [1.807, 2.05) is 29.0 Å². The van der Waals surface area contributed by atoms with E-state index in [1.54, 1.807) is 18.3 Å². The maximum absolute atomic E-state index is 13.3. The monoisotopic (exact) mass is 381 g/mol. The van der Waals surface area contributed by atoms with Crippen molar-refractivity contribution in [3.63, 3.8) is 0 Å². The van der Waals surface area contributed by atoms with Crippen LogP contribution in [0, 0.1) is 5.82 Å². The van der Waals surface area contributed by atoms with Crippen LogP contribution in [0.4, 0.5) is 4.39 Å². The number of benzene rings is 2. The van der Waals surface area contributed by atoms with E-state index in [0.717, 1.165) is 29.1 Å². The number of carbonyl (C=O) groups is 1. The Kier molecular flexibility index (Phi) is 5.25. The smallest absolute Gasteiger partial charge is 0.238 e. The molecule has 0 aliphatic heterocycles. The van der Waals surface area contributed by atoms with Gasteiger partial charge >= 0.3 is 0 Å². The number of nitrogens with one attached hydrogen (secondary N) is 1. The first-order valence-corrected chi connectivity index (χ1v) is 9.84. The summed E-state index contributed by atoms with van der Waals surface area (Å²) in [5.41, 5.74) is 1.94. The average molecular weight is 381 g/mol. The van der Waals surface area contributed by atoms with Crippen LogP contribution in [0.25, 0.3) is 0 Å². The van der Waals surface area contributed by atoms with Gasteiger partial charge in [-0.2, -0.15) is 0 Å². The Morgan fingerprint density at radius 2 is 1.93 bits per heavy atom. The molecule has 27 heavy (non-hydrogen) atoms. The molecule has 1 aliphatic carbocycles.